The van der Waals surface area contributed by atoms with Gasteiger partial charge >= 0.3 is 12.1 Å². The third-order valence-electron chi connectivity index (χ3n) is 1.14. The Morgan fingerprint density at radius 1 is 1.58 bits per heavy atom. The maximum absolute atomic E-state index is 10.7. The van der Waals surface area contributed by atoms with Gasteiger partial charge in [0.15, 0.2) is 0 Å². The van der Waals surface area contributed by atoms with Crippen LogP contribution in [0.2, 0.25) is 0 Å². The summed E-state index contributed by atoms with van der Waals surface area (Å²) in [5.41, 5.74) is 0. The fraction of sp³-hybridized carbons (Fsp3) is 0.714. The number of carboxylic acid groups (broad SMARTS) is 1. The third-order valence-corrected chi connectivity index (χ3v) is 1.14. The number of ether oxygens (including phenoxy) is 1. The molecule has 0 aromatic rings. The van der Waals surface area contributed by atoms with Gasteiger partial charge in [-0.3, -0.25) is 4.79 Å². The first-order valence-electron chi connectivity index (χ1n) is 3.74. The second kappa shape index (κ2) is 5.40. The summed E-state index contributed by atoms with van der Waals surface area (Å²) in [7, 11) is 0. The van der Waals surface area contributed by atoms with Gasteiger partial charge in [0.25, 0.3) is 0 Å². The van der Waals surface area contributed by atoms with Crippen molar-refractivity contribution in [2.75, 3.05) is 6.61 Å². The second-order valence-electron chi connectivity index (χ2n) is 2.34. The van der Waals surface area contributed by atoms with Crippen LogP contribution in [0.15, 0.2) is 0 Å². The van der Waals surface area contributed by atoms with Crippen LogP contribution >= 0.6 is 0 Å². The molecule has 0 heterocycles. The van der Waals surface area contributed by atoms with E-state index in [1.807, 2.05) is 6.92 Å². The fourth-order valence-electron chi connectivity index (χ4n) is 0.475. The highest BCUT2D eigenvalue weighted by atomic mass is 16.5. The molecule has 0 aliphatic heterocycles. The molecule has 0 radical (unpaired) electrons. The average molecular weight is 175 g/mol. The van der Waals surface area contributed by atoms with Crippen LogP contribution in [0.5, 0.6) is 0 Å². The lowest BCUT2D eigenvalue weighted by Crippen LogP contribution is -2.38. The molecule has 0 aromatic carbocycles. The van der Waals surface area contributed by atoms with E-state index < -0.39 is 18.1 Å². The second-order valence-corrected chi connectivity index (χ2v) is 2.34. The number of amides is 1. The summed E-state index contributed by atoms with van der Waals surface area (Å²) >= 11 is 0. The van der Waals surface area contributed by atoms with Crippen LogP contribution in [0, 0.1) is 0 Å². The summed E-state index contributed by atoms with van der Waals surface area (Å²) in [5.74, 6) is -1.08. The maximum atomic E-state index is 10.7. The number of carbonyl (C=O) groups excluding carboxylic acids is 1. The van der Waals surface area contributed by atoms with E-state index in [2.05, 4.69) is 10.1 Å². The van der Waals surface area contributed by atoms with Crippen molar-refractivity contribution < 1.29 is 19.4 Å². The Kier molecular flexibility index (Phi) is 4.83. The Bertz CT molecular complexity index is 169. The van der Waals surface area contributed by atoms with Gasteiger partial charge in [-0.05, 0) is 13.3 Å². The minimum absolute atomic E-state index is 0.304. The number of hydrogen-bond donors (Lipinski definition) is 2. The van der Waals surface area contributed by atoms with E-state index in [1.54, 1.807) is 0 Å². The zero-order chi connectivity index (χ0) is 9.56. The number of alkyl carbamates (subject to hydrolysis) is 1. The SMILES string of the molecule is CCCOC(=O)NC(C)C(=O)O. The normalized spacial score (nSPS) is 11.8. The molecule has 0 aliphatic carbocycles. The van der Waals surface area contributed by atoms with Gasteiger partial charge in [-0.2, -0.15) is 0 Å². The topological polar surface area (TPSA) is 75.6 Å². The number of hydrogen-bond acceptors (Lipinski definition) is 3. The van der Waals surface area contributed by atoms with Crippen LogP contribution in [0.4, 0.5) is 4.79 Å². The Labute approximate surface area is 70.7 Å². The number of nitrogens with one attached hydrogen (secondary N) is 1. The molecule has 0 spiro atoms. The smallest absolute Gasteiger partial charge is 0.407 e. The lowest BCUT2D eigenvalue weighted by atomic mass is 10.4. The van der Waals surface area contributed by atoms with E-state index >= 15 is 0 Å². The largest absolute Gasteiger partial charge is 0.480 e. The Morgan fingerprint density at radius 2 is 2.17 bits per heavy atom. The molecule has 0 bridgehead atoms. The predicted molar refractivity (Wildman–Crippen MR) is 41.9 cm³/mol. The van der Waals surface area contributed by atoms with Crippen LogP contribution in [-0.4, -0.2) is 29.8 Å². The lowest BCUT2D eigenvalue weighted by molar-refractivity contribution is -0.138. The predicted octanol–water partition coefficient (Wildman–Crippen LogP) is 0.596. The van der Waals surface area contributed by atoms with E-state index in [1.165, 1.54) is 6.92 Å². The van der Waals surface area contributed by atoms with E-state index in [0.717, 1.165) is 6.42 Å². The van der Waals surface area contributed by atoms with Gasteiger partial charge in [0.1, 0.15) is 6.04 Å². The van der Waals surface area contributed by atoms with Crippen LogP contribution < -0.4 is 5.32 Å². The Balaban J connectivity index is 3.61. The molecule has 1 unspecified atom stereocenters. The summed E-state index contributed by atoms with van der Waals surface area (Å²) in [6.07, 6.45) is 0.0289. The molecule has 2 N–H and O–H groups in total. The molecule has 0 aromatic heterocycles. The molecular weight excluding hydrogens is 162 g/mol. The first-order chi connectivity index (χ1) is 5.57. The first-order valence-corrected chi connectivity index (χ1v) is 3.74. The van der Waals surface area contributed by atoms with Crippen molar-refractivity contribution in [3.63, 3.8) is 0 Å². The van der Waals surface area contributed by atoms with Crippen LogP contribution in [0.25, 0.3) is 0 Å². The van der Waals surface area contributed by atoms with Gasteiger partial charge in [0.2, 0.25) is 0 Å². The van der Waals surface area contributed by atoms with Crippen molar-refractivity contribution in [2.45, 2.75) is 26.3 Å². The molecule has 1 atom stereocenters. The van der Waals surface area contributed by atoms with Crippen molar-refractivity contribution in [2.24, 2.45) is 0 Å². The Morgan fingerprint density at radius 3 is 2.58 bits per heavy atom. The lowest BCUT2D eigenvalue weighted by Gasteiger charge is -2.08. The third kappa shape index (κ3) is 4.54. The summed E-state index contributed by atoms with van der Waals surface area (Å²) in [5, 5.41) is 10.5. The van der Waals surface area contributed by atoms with Gasteiger partial charge in [0.05, 0.1) is 6.61 Å². The summed E-state index contributed by atoms with van der Waals surface area (Å²) in [6.45, 7) is 3.53. The van der Waals surface area contributed by atoms with Crippen LogP contribution in [-0.2, 0) is 9.53 Å². The molecule has 0 fully saturated rings. The van der Waals surface area contributed by atoms with Crippen molar-refractivity contribution in [3.05, 3.63) is 0 Å². The van der Waals surface area contributed by atoms with Gasteiger partial charge in [-0.1, -0.05) is 6.92 Å². The van der Waals surface area contributed by atoms with Crippen LogP contribution in [0.1, 0.15) is 20.3 Å². The zero-order valence-corrected chi connectivity index (χ0v) is 7.16. The standard InChI is InChI=1S/C7H13NO4/c1-3-4-12-7(11)8-5(2)6(9)10/h5H,3-4H2,1-2H3,(H,8,11)(H,9,10). The van der Waals surface area contributed by atoms with Crippen molar-refractivity contribution in [3.8, 4) is 0 Å². The zero-order valence-electron chi connectivity index (χ0n) is 7.16. The number of rotatable bonds is 4. The van der Waals surface area contributed by atoms with Crippen LogP contribution in [0.3, 0.4) is 0 Å². The van der Waals surface area contributed by atoms with Gasteiger partial charge in [-0.25, -0.2) is 4.79 Å². The van der Waals surface area contributed by atoms with E-state index in [4.69, 9.17) is 5.11 Å². The number of carboxylic acids is 1. The molecule has 5 heteroatoms. The summed E-state index contributed by atoms with van der Waals surface area (Å²) in [6, 6.07) is -0.908. The van der Waals surface area contributed by atoms with Crippen molar-refractivity contribution in [1.29, 1.82) is 0 Å². The van der Waals surface area contributed by atoms with Gasteiger partial charge < -0.3 is 15.2 Å². The average Bonchev–Trinajstić information content (AvgIpc) is 2.00. The van der Waals surface area contributed by atoms with E-state index in [0.29, 0.717) is 6.61 Å². The molecule has 1 amide bonds. The summed E-state index contributed by atoms with van der Waals surface area (Å²) < 4.78 is 4.60. The fourth-order valence-corrected chi connectivity index (χ4v) is 0.475. The molecule has 0 saturated heterocycles. The van der Waals surface area contributed by atoms with Crippen molar-refractivity contribution in [1.82, 2.24) is 5.32 Å². The summed E-state index contributed by atoms with van der Waals surface area (Å²) in [4.78, 5) is 21.0. The molecule has 12 heavy (non-hydrogen) atoms. The highest BCUT2D eigenvalue weighted by Crippen LogP contribution is 1.86. The van der Waals surface area contributed by atoms with Crippen molar-refractivity contribution >= 4 is 12.1 Å². The monoisotopic (exact) mass is 175 g/mol. The minimum Gasteiger partial charge on any atom is -0.480 e. The van der Waals surface area contributed by atoms with Gasteiger partial charge in [0, 0.05) is 0 Å². The molecular formula is C7H13NO4. The molecule has 0 rings (SSSR count). The van der Waals surface area contributed by atoms with E-state index in [-0.39, 0.29) is 0 Å². The highest BCUT2D eigenvalue weighted by molar-refractivity contribution is 5.79. The Hall–Kier alpha value is -1.26. The molecule has 5 nitrogen and oxygen atoms in total. The molecule has 0 aliphatic rings. The molecule has 70 valence electrons. The number of carbonyl (C=O) groups is 2. The first kappa shape index (κ1) is 10.7. The number of aliphatic carboxylic acids is 1. The maximum Gasteiger partial charge on any atom is 0.407 e. The van der Waals surface area contributed by atoms with E-state index in [9.17, 15) is 9.59 Å². The molecule has 0 saturated carbocycles. The quantitative estimate of drug-likeness (QED) is 0.655. The minimum atomic E-state index is -1.08. The van der Waals surface area contributed by atoms with Gasteiger partial charge in [-0.15, -0.1) is 0 Å². The highest BCUT2D eigenvalue weighted by Gasteiger charge is 2.13.